The van der Waals surface area contributed by atoms with Crippen LogP contribution in [0.25, 0.3) is 103 Å². The Morgan fingerprint density at radius 1 is 0.270 bits per heavy atom. The summed E-state index contributed by atoms with van der Waals surface area (Å²) in [5.41, 5.74) is 9.51. The predicted octanol–water partition coefficient (Wildman–Crippen LogP) is 17.3. The lowest BCUT2D eigenvalue weighted by atomic mass is 9.94. The highest BCUT2D eigenvalue weighted by Gasteiger charge is 2.27. The zero-order chi connectivity index (χ0) is 41.2. The number of benzene rings is 12. The van der Waals surface area contributed by atoms with Gasteiger partial charge in [0.05, 0.1) is 22.4 Å². The summed E-state index contributed by atoms with van der Waals surface area (Å²) >= 11 is 1.87. The number of hydrogen-bond donors (Lipinski definition) is 0. The summed E-state index contributed by atoms with van der Waals surface area (Å²) in [5.74, 6) is 0. The van der Waals surface area contributed by atoms with Crippen molar-refractivity contribution in [3.05, 3.63) is 218 Å². The van der Waals surface area contributed by atoms with E-state index in [0.717, 1.165) is 11.4 Å². The van der Waals surface area contributed by atoms with Gasteiger partial charge < -0.3 is 9.47 Å². The highest BCUT2D eigenvalue weighted by molar-refractivity contribution is 7.99. The van der Waals surface area contributed by atoms with Crippen LogP contribution in [0.2, 0.25) is 0 Å². The van der Waals surface area contributed by atoms with Gasteiger partial charge >= 0.3 is 0 Å². The maximum atomic E-state index is 2.49. The molecule has 12 aromatic carbocycles. The minimum atomic E-state index is 1.16. The third-order valence-electron chi connectivity index (χ3n) is 13.5. The summed E-state index contributed by atoms with van der Waals surface area (Å²) in [6, 6.07) is 81.3. The van der Waals surface area contributed by atoms with Gasteiger partial charge in [-0.15, -0.1) is 0 Å². The lowest BCUT2D eigenvalue weighted by Gasteiger charge is -2.34. The Morgan fingerprint density at radius 2 is 0.810 bits per heavy atom. The molecule has 14 rings (SSSR count). The first-order valence-electron chi connectivity index (χ1n) is 21.7. The van der Waals surface area contributed by atoms with E-state index in [-0.39, 0.29) is 0 Å². The van der Waals surface area contributed by atoms with Crippen molar-refractivity contribution in [2.45, 2.75) is 9.79 Å². The fourth-order valence-corrected chi connectivity index (χ4v) is 11.6. The van der Waals surface area contributed by atoms with Gasteiger partial charge in [0, 0.05) is 31.9 Å². The van der Waals surface area contributed by atoms with E-state index in [4.69, 9.17) is 0 Å². The Bertz CT molecular complexity index is 4050. The van der Waals surface area contributed by atoms with Gasteiger partial charge in [0.1, 0.15) is 0 Å². The zero-order valence-corrected chi connectivity index (χ0v) is 34.9. The molecule has 1 aliphatic rings. The van der Waals surface area contributed by atoms with Crippen molar-refractivity contribution in [1.29, 1.82) is 0 Å². The number of rotatable bonds is 3. The van der Waals surface area contributed by atoms with Gasteiger partial charge in [0.25, 0.3) is 0 Å². The van der Waals surface area contributed by atoms with Gasteiger partial charge in [-0.2, -0.15) is 0 Å². The van der Waals surface area contributed by atoms with Crippen LogP contribution in [0.4, 0.5) is 17.1 Å². The van der Waals surface area contributed by atoms with E-state index < -0.39 is 0 Å². The standard InChI is InChI=1S/C60H36N2S/c1-2-13-39-35-60-58(33-38(39)12-1)62(43-25-27-46-42(31-43)22-21-37-11-3-4-14-45(37)46)57-34-41(24-30-59(57)63-60)40-23-29-56-54(32-40)52-19-9-10-20-55(52)61(56)44-26-28-51-49-17-6-5-15-47(49)48-16-7-8-18-50(48)53(51)36-44/h1-36H. The van der Waals surface area contributed by atoms with Gasteiger partial charge in [-0.05, 0) is 142 Å². The molecular formula is C60H36N2S. The number of para-hydroxylation sites is 1. The number of aromatic nitrogens is 1. The predicted molar refractivity (Wildman–Crippen MR) is 270 cm³/mol. The molecule has 0 saturated heterocycles. The van der Waals surface area contributed by atoms with Gasteiger partial charge in [-0.3, -0.25) is 0 Å². The van der Waals surface area contributed by atoms with E-state index in [2.05, 4.69) is 228 Å². The van der Waals surface area contributed by atoms with Crippen molar-refractivity contribution in [3.63, 3.8) is 0 Å². The van der Waals surface area contributed by atoms with Crippen molar-refractivity contribution in [2.75, 3.05) is 4.90 Å². The van der Waals surface area contributed by atoms with Crippen LogP contribution in [0.5, 0.6) is 0 Å². The maximum absolute atomic E-state index is 2.49. The molecule has 0 fully saturated rings. The highest BCUT2D eigenvalue weighted by Crippen LogP contribution is 2.54. The van der Waals surface area contributed by atoms with Crippen molar-refractivity contribution in [3.8, 4) is 16.8 Å². The largest absolute Gasteiger partial charge is 0.309 e. The summed E-state index contributed by atoms with van der Waals surface area (Å²) < 4.78 is 2.45. The molecule has 2 heterocycles. The molecule has 0 atom stereocenters. The second-order valence-corrected chi connectivity index (χ2v) is 18.0. The van der Waals surface area contributed by atoms with Crippen molar-refractivity contribution >= 4 is 115 Å². The molecule has 0 aliphatic carbocycles. The quantitative estimate of drug-likeness (QED) is 0.164. The van der Waals surface area contributed by atoms with Crippen LogP contribution in [0.3, 0.4) is 0 Å². The highest BCUT2D eigenvalue weighted by atomic mass is 32.2. The normalized spacial score (nSPS) is 12.7. The van der Waals surface area contributed by atoms with Gasteiger partial charge in [-0.25, -0.2) is 0 Å². The number of fused-ring (bicyclic) bond motifs is 15. The van der Waals surface area contributed by atoms with E-state index in [9.17, 15) is 0 Å². The molecule has 3 heteroatoms. The summed E-state index contributed by atoms with van der Waals surface area (Å²) in [6.07, 6.45) is 0. The molecule has 0 unspecified atom stereocenters. The Balaban J connectivity index is 0.941. The molecule has 0 radical (unpaired) electrons. The second-order valence-electron chi connectivity index (χ2n) is 16.9. The summed E-state index contributed by atoms with van der Waals surface area (Å²) in [6.45, 7) is 0. The smallest absolute Gasteiger partial charge is 0.0608 e. The van der Waals surface area contributed by atoms with Crippen molar-refractivity contribution in [1.82, 2.24) is 4.57 Å². The molecule has 63 heavy (non-hydrogen) atoms. The van der Waals surface area contributed by atoms with E-state index in [1.165, 1.54) is 119 Å². The molecule has 0 bridgehead atoms. The van der Waals surface area contributed by atoms with Crippen LogP contribution in [0.1, 0.15) is 0 Å². The van der Waals surface area contributed by atoms with E-state index >= 15 is 0 Å². The van der Waals surface area contributed by atoms with Crippen LogP contribution in [-0.4, -0.2) is 4.57 Å². The minimum absolute atomic E-state index is 1.16. The Morgan fingerprint density at radius 3 is 1.60 bits per heavy atom. The number of hydrogen-bond acceptors (Lipinski definition) is 2. The molecule has 0 saturated carbocycles. The van der Waals surface area contributed by atoms with Gasteiger partial charge in [0.2, 0.25) is 0 Å². The van der Waals surface area contributed by atoms with Gasteiger partial charge in [-0.1, -0.05) is 163 Å². The van der Waals surface area contributed by atoms with Crippen molar-refractivity contribution < 1.29 is 0 Å². The van der Waals surface area contributed by atoms with Gasteiger partial charge in [0.15, 0.2) is 0 Å². The molecule has 0 N–H and O–H groups in total. The molecule has 292 valence electrons. The van der Waals surface area contributed by atoms with Crippen molar-refractivity contribution in [2.24, 2.45) is 0 Å². The number of anilines is 3. The fourth-order valence-electron chi connectivity index (χ4n) is 10.6. The third-order valence-corrected chi connectivity index (χ3v) is 14.6. The fraction of sp³-hybridized carbons (Fsp3) is 0. The molecule has 1 aliphatic heterocycles. The topological polar surface area (TPSA) is 8.17 Å². The maximum Gasteiger partial charge on any atom is 0.0608 e. The van der Waals surface area contributed by atoms with Crippen LogP contribution >= 0.6 is 11.8 Å². The first-order valence-corrected chi connectivity index (χ1v) is 22.5. The summed E-state index contributed by atoms with van der Waals surface area (Å²) in [4.78, 5) is 4.99. The molecule has 0 amide bonds. The van der Waals surface area contributed by atoms with Crippen LogP contribution < -0.4 is 4.90 Å². The summed E-state index contributed by atoms with van der Waals surface area (Å²) in [5, 5.41) is 17.8. The third kappa shape index (κ3) is 5.21. The Labute approximate surface area is 367 Å². The average Bonchev–Trinajstić information content (AvgIpc) is 3.68. The lowest BCUT2D eigenvalue weighted by Crippen LogP contribution is -2.15. The monoisotopic (exact) mass is 816 g/mol. The molecular weight excluding hydrogens is 781 g/mol. The second kappa shape index (κ2) is 13.3. The van der Waals surface area contributed by atoms with Crippen LogP contribution in [0, 0.1) is 0 Å². The molecule has 0 spiro atoms. The Kier molecular flexibility index (Phi) is 7.36. The number of nitrogens with zero attached hydrogens (tertiary/aromatic N) is 2. The SMILES string of the molecule is c1ccc2cc3c(cc2c1)Sc1ccc(-c2ccc4c(c2)c2ccccc2n4-c2ccc4c5ccccc5c5ccccc5c4c2)cc1N3c1ccc2c(ccc3ccccc32)c1. The first-order chi connectivity index (χ1) is 31.2. The van der Waals surface area contributed by atoms with Crippen LogP contribution in [-0.2, 0) is 0 Å². The first kappa shape index (κ1) is 34.8. The summed E-state index contributed by atoms with van der Waals surface area (Å²) in [7, 11) is 0. The lowest BCUT2D eigenvalue weighted by molar-refractivity contribution is 1.18. The van der Waals surface area contributed by atoms with E-state index in [1.54, 1.807) is 0 Å². The van der Waals surface area contributed by atoms with Crippen LogP contribution in [0.15, 0.2) is 228 Å². The van der Waals surface area contributed by atoms with E-state index in [1.807, 2.05) is 11.8 Å². The van der Waals surface area contributed by atoms with E-state index in [0.29, 0.717) is 0 Å². The minimum Gasteiger partial charge on any atom is -0.309 e. The Hall–Kier alpha value is -7.85. The molecule has 1 aromatic heterocycles. The zero-order valence-electron chi connectivity index (χ0n) is 34.1. The molecule has 13 aromatic rings. The average molecular weight is 817 g/mol. The molecule has 2 nitrogen and oxygen atoms in total.